The lowest BCUT2D eigenvalue weighted by molar-refractivity contribution is -0.142. The highest BCUT2D eigenvalue weighted by Gasteiger charge is 2.56. The second kappa shape index (κ2) is 8.52. The largest absolute Gasteiger partial charge is 0.385 e. The van der Waals surface area contributed by atoms with Gasteiger partial charge in [0.2, 0.25) is 5.91 Å². The third-order valence-corrected chi connectivity index (χ3v) is 5.38. The molecule has 0 radical (unpaired) electrons. The van der Waals surface area contributed by atoms with Crippen molar-refractivity contribution >= 4 is 17.5 Å². The number of methoxy groups -OCH3 is 1. The molecule has 0 bridgehead atoms. The molecular formula is C20H30ClNO3. The van der Waals surface area contributed by atoms with E-state index in [4.69, 9.17) is 21.1 Å². The summed E-state index contributed by atoms with van der Waals surface area (Å²) in [7, 11) is 1.68. The number of ether oxygens (including phenoxy) is 2. The van der Waals surface area contributed by atoms with E-state index in [1.807, 2.05) is 13.0 Å². The fraction of sp³-hybridized carbons (Fsp3) is 0.650. The fourth-order valence-corrected chi connectivity index (χ4v) is 3.73. The second-order valence-electron chi connectivity index (χ2n) is 6.95. The van der Waals surface area contributed by atoms with Crippen LogP contribution >= 0.6 is 11.6 Å². The van der Waals surface area contributed by atoms with Crippen LogP contribution in [0.5, 0.6) is 0 Å². The zero-order chi connectivity index (χ0) is 18.5. The maximum atomic E-state index is 13.2. The van der Waals surface area contributed by atoms with E-state index in [-0.39, 0.29) is 5.91 Å². The van der Waals surface area contributed by atoms with Crippen molar-refractivity contribution < 1.29 is 14.3 Å². The van der Waals surface area contributed by atoms with Gasteiger partial charge >= 0.3 is 0 Å². The lowest BCUT2D eigenvalue weighted by atomic mass is 9.63. The van der Waals surface area contributed by atoms with Gasteiger partial charge in [0.15, 0.2) is 0 Å². The minimum atomic E-state index is -0.564. The molecule has 4 nitrogen and oxygen atoms in total. The molecular weight excluding hydrogens is 338 g/mol. The summed E-state index contributed by atoms with van der Waals surface area (Å²) in [4.78, 5) is 13.2. The summed E-state index contributed by atoms with van der Waals surface area (Å²) in [6, 6.07) is 0. The SMILES string of the molecule is CCCC=C1/C(=C\C=C(/C)Cl)C2(COC2)NC(=O)C1(CC)CCOC. The number of rotatable bonds is 7. The van der Waals surface area contributed by atoms with Crippen LogP contribution in [0.2, 0.25) is 0 Å². The normalized spacial score (nSPS) is 29.2. The van der Waals surface area contributed by atoms with Crippen molar-refractivity contribution in [3.63, 3.8) is 0 Å². The summed E-state index contributed by atoms with van der Waals surface area (Å²) < 4.78 is 10.8. The van der Waals surface area contributed by atoms with Gasteiger partial charge in [-0.25, -0.2) is 0 Å². The van der Waals surface area contributed by atoms with Crippen LogP contribution in [-0.2, 0) is 14.3 Å². The van der Waals surface area contributed by atoms with Gasteiger partial charge in [-0.3, -0.25) is 4.79 Å². The summed E-state index contributed by atoms with van der Waals surface area (Å²) in [5.74, 6) is 0.0847. The third kappa shape index (κ3) is 3.86. The van der Waals surface area contributed by atoms with Crippen LogP contribution in [0.25, 0.3) is 0 Å². The number of halogens is 1. The molecule has 1 N–H and O–H groups in total. The Hall–Kier alpha value is -1.10. The first kappa shape index (κ1) is 20.2. The van der Waals surface area contributed by atoms with E-state index in [2.05, 4.69) is 31.3 Å². The molecule has 0 aromatic carbocycles. The van der Waals surface area contributed by atoms with E-state index in [0.717, 1.165) is 30.4 Å². The van der Waals surface area contributed by atoms with Crippen molar-refractivity contribution in [1.29, 1.82) is 0 Å². The Morgan fingerprint density at radius 2 is 2.08 bits per heavy atom. The monoisotopic (exact) mass is 367 g/mol. The minimum absolute atomic E-state index is 0.0847. The zero-order valence-electron chi connectivity index (χ0n) is 15.8. The summed E-state index contributed by atoms with van der Waals surface area (Å²) in [5, 5.41) is 3.98. The number of nitrogens with one attached hydrogen (secondary N) is 1. The van der Waals surface area contributed by atoms with E-state index in [9.17, 15) is 4.79 Å². The van der Waals surface area contributed by atoms with Crippen molar-refractivity contribution in [2.75, 3.05) is 26.9 Å². The molecule has 25 heavy (non-hydrogen) atoms. The number of carbonyl (C=O) groups is 1. The highest BCUT2D eigenvalue weighted by Crippen LogP contribution is 2.49. The number of allylic oxidation sites excluding steroid dienone is 4. The minimum Gasteiger partial charge on any atom is -0.385 e. The molecule has 2 fully saturated rings. The van der Waals surface area contributed by atoms with Crippen LogP contribution in [0, 0.1) is 5.41 Å². The molecule has 1 atom stereocenters. The molecule has 2 rings (SSSR count). The molecule has 0 aliphatic carbocycles. The first-order chi connectivity index (χ1) is 12.0. The molecule has 2 saturated heterocycles. The Morgan fingerprint density at radius 1 is 1.36 bits per heavy atom. The van der Waals surface area contributed by atoms with E-state index >= 15 is 0 Å². The number of carbonyl (C=O) groups excluding carboxylic acids is 1. The van der Waals surface area contributed by atoms with Crippen molar-refractivity contribution in [1.82, 2.24) is 5.32 Å². The van der Waals surface area contributed by atoms with Gasteiger partial charge in [-0.15, -0.1) is 0 Å². The average Bonchev–Trinajstić information content (AvgIpc) is 2.56. The van der Waals surface area contributed by atoms with Crippen LogP contribution in [0.1, 0.15) is 46.5 Å². The molecule has 1 unspecified atom stereocenters. The summed E-state index contributed by atoms with van der Waals surface area (Å²) in [5.41, 5.74) is 1.26. The summed E-state index contributed by atoms with van der Waals surface area (Å²) >= 11 is 6.08. The summed E-state index contributed by atoms with van der Waals surface area (Å²) in [6.45, 7) is 7.64. The molecule has 140 valence electrons. The Morgan fingerprint density at radius 3 is 2.56 bits per heavy atom. The maximum Gasteiger partial charge on any atom is 0.231 e. The van der Waals surface area contributed by atoms with Crippen molar-refractivity contribution in [2.24, 2.45) is 5.41 Å². The molecule has 2 heterocycles. The lowest BCUT2D eigenvalue weighted by Crippen LogP contribution is -2.70. The topological polar surface area (TPSA) is 47.6 Å². The maximum absolute atomic E-state index is 13.2. The molecule has 0 aromatic rings. The average molecular weight is 368 g/mol. The van der Waals surface area contributed by atoms with Gasteiger partial charge in [0.05, 0.1) is 18.6 Å². The number of hydrogen-bond acceptors (Lipinski definition) is 3. The number of amides is 1. The Kier molecular flexibility index (Phi) is 6.89. The van der Waals surface area contributed by atoms with Crippen LogP contribution in [0.15, 0.2) is 34.4 Å². The first-order valence-corrected chi connectivity index (χ1v) is 9.48. The van der Waals surface area contributed by atoms with Gasteiger partial charge in [0.25, 0.3) is 0 Å². The number of hydrogen-bond donors (Lipinski definition) is 1. The summed E-state index contributed by atoms with van der Waals surface area (Å²) in [6.07, 6.45) is 9.58. The van der Waals surface area contributed by atoms with Gasteiger partial charge in [-0.1, -0.05) is 44.0 Å². The van der Waals surface area contributed by atoms with Crippen molar-refractivity contribution in [2.45, 2.75) is 52.0 Å². The Bertz CT molecular complexity index is 586. The number of unbranched alkanes of at least 4 members (excludes halogenated alkanes) is 1. The van der Waals surface area contributed by atoms with Gasteiger partial charge < -0.3 is 14.8 Å². The van der Waals surface area contributed by atoms with Crippen LogP contribution in [-0.4, -0.2) is 38.4 Å². The van der Waals surface area contributed by atoms with Crippen molar-refractivity contribution in [3.05, 3.63) is 34.4 Å². The van der Waals surface area contributed by atoms with Crippen LogP contribution in [0.4, 0.5) is 0 Å². The van der Waals surface area contributed by atoms with E-state index in [1.165, 1.54) is 0 Å². The fourth-order valence-electron chi connectivity index (χ4n) is 3.67. The predicted molar refractivity (Wildman–Crippen MR) is 102 cm³/mol. The van der Waals surface area contributed by atoms with Crippen molar-refractivity contribution in [3.8, 4) is 0 Å². The molecule has 2 aliphatic heterocycles. The molecule has 5 heteroatoms. The Labute approximate surface area is 156 Å². The smallest absolute Gasteiger partial charge is 0.231 e. The van der Waals surface area contributed by atoms with Gasteiger partial charge in [0, 0.05) is 18.7 Å². The highest BCUT2D eigenvalue weighted by molar-refractivity contribution is 6.29. The lowest BCUT2D eigenvalue weighted by Gasteiger charge is -2.53. The molecule has 1 amide bonds. The third-order valence-electron chi connectivity index (χ3n) is 5.26. The van der Waals surface area contributed by atoms with Gasteiger partial charge in [0.1, 0.15) is 5.54 Å². The number of piperidine rings is 1. The molecule has 0 saturated carbocycles. The molecule has 2 aliphatic rings. The zero-order valence-corrected chi connectivity index (χ0v) is 16.5. The van der Waals surface area contributed by atoms with Crippen LogP contribution in [0.3, 0.4) is 0 Å². The first-order valence-electron chi connectivity index (χ1n) is 9.10. The van der Waals surface area contributed by atoms with E-state index in [1.54, 1.807) is 7.11 Å². The quantitative estimate of drug-likeness (QED) is 0.736. The molecule has 0 aromatic heterocycles. The Balaban J connectivity index is 2.59. The second-order valence-corrected chi connectivity index (χ2v) is 7.54. The van der Waals surface area contributed by atoms with E-state index in [0.29, 0.717) is 31.3 Å². The van der Waals surface area contributed by atoms with Crippen LogP contribution < -0.4 is 5.32 Å². The standard InChI is InChI=1S/C20H30ClNO3/c1-5-7-8-16-17(10-9-15(3)21)20(13-25-14-20)22-18(23)19(16,6-2)11-12-24-4/h8-10H,5-7,11-14H2,1-4H3,(H,22,23)/b15-9+,16-8?,17-10+. The van der Waals surface area contributed by atoms with Gasteiger partial charge in [-0.05, 0) is 43.4 Å². The van der Waals surface area contributed by atoms with E-state index < -0.39 is 11.0 Å². The highest BCUT2D eigenvalue weighted by atomic mass is 35.5. The van der Waals surface area contributed by atoms with Gasteiger partial charge in [-0.2, -0.15) is 0 Å². The predicted octanol–water partition coefficient (Wildman–Crippen LogP) is 4.11. The molecule has 1 spiro atoms.